The summed E-state index contributed by atoms with van der Waals surface area (Å²) in [5, 5.41) is 1.34. The molecule has 0 spiro atoms. The molecule has 0 aromatic heterocycles. The summed E-state index contributed by atoms with van der Waals surface area (Å²) in [6, 6.07) is 17.4. The van der Waals surface area contributed by atoms with Gasteiger partial charge in [-0.1, -0.05) is 48.5 Å². The number of carbonyl (C=O) groups is 1. The lowest BCUT2D eigenvalue weighted by molar-refractivity contribution is -0.295. The number of hydroxylamine groups is 2. The Balaban J connectivity index is 1.68. The summed E-state index contributed by atoms with van der Waals surface area (Å²) in [7, 11) is 0. The SMILES string of the molecule is O=C1c2ccccc2C2OC(c3ccccc3)CON12. The van der Waals surface area contributed by atoms with Crippen LogP contribution in [0, 0.1) is 0 Å². The first-order valence-corrected chi connectivity index (χ1v) is 6.60. The van der Waals surface area contributed by atoms with Gasteiger partial charge in [-0.15, -0.1) is 0 Å². The summed E-state index contributed by atoms with van der Waals surface area (Å²) < 4.78 is 6.07. The number of carbonyl (C=O) groups excluding carboxylic acids is 1. The number of benzene rings is 2. The van der Waals surface area contributed by atoms with Gasteiger partial charge in [0.15, 0.2) is 6.23 Å². The van der Waals surface area contributed by atoms with Crippen molar-refractivity contribution < 1.29 is 14.4 Å². The number of ether oxygens (including phenoxy) is 1. The first-order valence-electron chi connectivity index (χ1n) is 6.60. The van der Waals surface area contributed by atoms with E-state index in [-0.39, 0.29) is 12.0 Å². The van der Waals surface area contributed by atoms with E-state index in [9.17, 15) is 4.79 Å². The van der Waals surface area contributed by atoms with Gasteiger partial charge in [-0.2, -0.15) is 5.06 Å². The van der Waals surface area contributed by atoms with Gasteiger partial charge < -0.3 is 4.74 Å². The fraction of sp³-hybridized carbons (Fsp3) is 0.188. The Morgan fingerprint density at radius 2 is 1.75 bits per heavy atom. The van der Waals surface area contributed by atoms with E-state index in [1.54, 1.807) is 6.07 Å². The second-order valence-electron chi connectivity index (χ2n) is 4.90. The van der Waals surface area contributed by atoms with Gasteiger partial charge in [0.1, 0.15) is 12.7 Å². The highest BCUT2D eigenvalue weighted by atomic mass is 16.7. The average molecular weight is 267 g/mol. The van der Waals surface area contributed by atoms with Crippen molar-refractivity contribution in [3.05, 3.63) is 71.3 Å². The molecule has 100 valence electrons. The summed E-state index contributed by atoms with van der Waals surface area (Å²) in [5.41, 5.74) is 2.59. The summed E-state index contributed by atoms with van der Waals surface area (Å²) in [4.78, 5) is 17.8. The molecule has 2 aliphatic heterocycles. The van der Waals surface area contributed by atoms with Crippen molar-refractivity contribution in [3.63, 3.8) is 0 Å². The lowest BCUT2D eigenvalue weighted by Crippen LogP contribution is -2.37. The maximum atomic E-state index is 12.2. The van der Waals surface area contributed by atoms with E-state index < -0.39 is 6.23 Å². The van der Waals surface area contributed by atoms with E-state index in [4.69, 9.17) is 9.57 Å². The molecule has 4 nitrogen and oxygen atoms in total. The monoisotopic (exact) mass is 267 g/mol. The minimum Gasteiger partial charge on any atom is -0.341 e. The van der Waals surface area contributed by atoms with Crippen LogP contribution >= 0.6 is 0 Å². The molecule has 2 aliphatic rings. The average Bonchev–Trinajstić information content (AvgIpc) is 2.81. The van der Waals surface area contributed by atoms with Crippen LogP contribution in [0.5, 0.6) is 0 Å². The van der Waals surface area contributed by atoms with Gasteiger partial charge in [-0.05, 0) is 11.6 Å². The van der Waals surface area contributed by atoms with Crippen LogP contribution < -0.4 is 0 Å². The number of rotatable bonds is 1. The quantitative estimate of drug-likeness (QED) is 0.797. The zero-order chi connectivity index (χ0) is 13.5. The highest BCUT2D eigenvalue weighted by molar-refractivity contribution is 5.98. The minimum atomic E-state index is -0.447. The molecule has 1 saturated heterocycles. The smallest absolute Gasteiger partial charge is 0.280 e. The molecule has 1 fully saturated rings. The highest BCUT2D eigenvalue weighted by Crippen LogP contribution is 2.41. The van der Waals surface area contributed by atoms with Crippen LogP contribution in [0.4, 0.5) is 0 Å². The van der Waals surface area contributed by atoms with E-state index in [2.05, 4.69) is 0 Å². The van der Waals surface area contributed by atoms with Crippen LogP contribution in [0.1, 0.15) is 33.8 Å². The van der Waals surface area contributed by atoms with Crippen molar-refractivity contribution in [1.29, 1.82) is 0 Å². The molecule has 0 radical (unpaired) electrons. The van der Waals surface area contributed by atoms with Gasteiger partial charge in [-0.3, -0.25) is 9.63 Å². The van der Waals surface area contributed by atoms with Crippen LogP contribution in [0.2, 0.25) is 0 Å². The Hall–Kier alpha value is -2.17. The van der Waals surface area contributed by atoms with Gasteiger partial charge in [-0.25, -0.2) is 0 Å². The number of amides is 1. The Morgan fingerprint density at radius 1 is 1.00 bits per heavy atom. The topological polar surface area (TPSA) is 38.8 Å². The van der Waals surface area contributed by atoms with Crippen molar-refractivity contribution >= 4 is 5.91 Å². The van der Waals surface area contributed by atoms with Crippen LogP contribution in [0.3, 0.4) is 0 Å². The minimum absolute atomic E-state index is 0.128. The molecule has 2 aromatic carbocycles. The molecule has 1 amide bonds. The van der Waals surface area contributed by atoms with Crippen molar-refractivity contribution in [2.75, 3.05) is 6.61 Å². The summed E-state index contributed by atoms with van der Waals surface area (Å²) in [6.07, 6.45) is -0.603. The number of nitrogens with zero attached hydrogens (tertiary/aromatic N) is 1. The molecule has 0 N–H and O–H groups in total. The fourth-order valence-electron chi connectivity index (χ4n) is 2.70. The lowest BCUT2D eigenvalue weighted by atomic mass is 10.1. The first-order chi connectivity index (χ1) is 9.84. The van der Waals surface area contributed by atoms with Gasteiger partial charge in [0.2, 0.25) is 0 Å². The van der Waals surface area contributed by atoms with Crippen LogP contribution in [0.15, 0.2) is 54.6 Å². The van der Waals surface area contributed by atoms with Gasteiger partial charge in [0.05, 0.1) is 0 Å². The molecule has 2 aromatic rings. The second-order valence-corrected chi connectivity index (χ2v) is 4.90. The molecular weight excluding hydrogens is 254 g/mol. The van der Waals surface area contributed by atoms with Crippen molar-refractivity contribution in [3.8, 4) is 0 Å². The summed E-state index contributed by atoms with van der Waals surface area (Å²) in [5.74, 6) is -0.128. The lowest BCUT2D eigenvalue weighted by Gasteiger charge is -2.34. The van der Waals surface area contributed by atoms with Gasteiger partial charge >= 0.3 is 0 Å². The largest absolute Gasteiger partial charge is 0.341 e. The zero-order valence-electron chi connectivity index (χ0n) is 10.7. The van der Waals surface area contributed by atoms with Crippen molar-refractivity contribution in [2.45, 2.75) is 12.3 Å². The Labute approximate surface area is 116 Å². The molecule has 0 aliphatic carbocycles. The molecule has 20 heavy (non-hydrogen) atoms. The Morgan fingerprint density at radius 3 is 2.60 bits per heavy atom. The number of fused-ring (bicyclic) bond motifs is 3. The Kier molecular flexibility index (Phi) is 2.58. The maximum absolute atomic E-state index is 12.2. The number of hydrogen-bond acceptors (Lipinski definition) is 3. The van der Waals surface area contributed by atoms with E-state index >= 15 is 0 Å². The molecular formula is C16H13NO3. The van der Waals surface area contributed by atoms with E-state index in [0.717, 1.165) is 11.1 Å². The van der Waals surface area contributed by atoms with Crippen LogP contribution in [0.25, 0.3) is 0 Å². The predicted molar refractivity (Wildman–Crippen MR) is 71.6 cm³/mol. The van der Waals surface area contributed by atoms with Crippen molar-refractivity contribution in [2.24, 2.45) is 0 Å². The third kappa shape index (κ3) is 1.66. The molecule has 0 saturated carbocycles. The van der Waals surface area contributed by atoms with E-state index in [0.29, 0.717) is 12.2 Å². The standard InChI is InChI=1S/C16H13NO3/c18-15-12-8-4-5-9-13(12)16-17(15)19-10-14(20-16)11-6-2-1-3-7-11/h1-9,14,16H,10H2. The highest BCUT2D eigenvalue weighted by Gasteiger charge is 2.43. The fourth-order valence-corrected chi connectivity index (χ4v) is 2.70. The summed E-state index contributed by atoms with van der Waals surface area (Å²) in [6.45, 7) is 0.347. The molecule has 4 heteroatoms. The summed E-state index contributed by atoms with van der Waals surface area (Å²) >= 11 is 0. The predicted octanol–water partition coefficient (Wildman–Crippen LogP) is 2.84. The third-order valence-electron chi connectivity index (χ3n) is 3.70. The molecule has 4 rings (SSSR count). The van der Waals surface area contributed by atoms with Gasteiger partial charge in [0, 0.05) is 11.1 Å². The van der Waals surface area contributed by atoms with E-state index in [1.165, 1.54) is 5.06 Å². The first kappa shape index (κ1) is 11.6. The van der Waals surface area contributed by atoms with Crippen LogP contribution in [-0.4, -0.2) is 17.6 Å². The number of hydrogen-bond donors (Lipinski definition) is 0. The van der Waals surface area contributed by atoms with Crippen LogP contribution in [-0.2, 0) is 9.57 Å². The molecule has 0 bridgehead atoms. The zero-order valence-corrected chi connectivity index (χ0v) is 10.7. The van der Waals surface area contributed by atoms with Crippen molar-refractivity contribution in [1.82, 2.24) is 5.06 Å². The second kappa shape index (κ2) is 4.44. The Bertz CT molecular complexity index is 656. The molecule has 2 unspecified atom stereocenters. The van der Waals surface area contributed by atoms with Gasteiger partial charge in [0.25, 0.3) is 5.91 Å². The normalized spacial score (nSPS) is 24.4. The molecule has 2 heterocycles. The third-order valence-corrected chi connectivity index (χ3v) is 3.70. The maximum Gasteiger partial charge on any atom is 0.280 e. The molecule has 2 atom stereocenters. The van der Waals surface area contributed by atoms with E-state index in [1.807, 2.05) is 48.5 Å².